The van der Waals surface area contributed by atoms with Crippen molar-refractivity contribution in [2.45, 2.75) is 0 Å². The minimum absolute atomic E-state index is 0.656. The van der Waals surface area contributed by atoms with E-state index in [9.17, 15) is 0 Å². The predicted molar refractivity (Wildman–Crippen MR) is 53.5 cm³/mol. The van der Waals surface area contributed by atoms with E-state index in [1.165, 1.54) is 0 Å². The van der Waals surface area contributed by atoms with Crippen LogP contribution in [0.15, 0.2) is 42.6 Å². The van der Waals surface area contributed by atoms with Gasteiger partial charge >= 0.3 is 0 Å². The zero-order valence-corrected chi connectivity index (χ0v) is 7.62. The molecule has 2 heteroatoms. The van der Waals surface area contributed by atoms with Crippen LogP contribution in [0.25, 0.3) is 11.3 Å². The van der Waals surface area contributed by atoms with Crippen molar-refractivity contribution < 1.29 is 0 Å². The third-order valence-electron chi connectivity index (χ3n) is 1.73. The van der Waals surface area contributed by atoms with E-state index in [0.29, 0.717) is 5.02 Å². The number of nitrogens with zero attached hydrogens (tertiary/aromatic N) is 1. The fourth-order valence-electron chi connectivity index (χ4n) is 1.10. The van der Waals surface area contributed by atoms with Crippen LogP contribution in [0.5, 0.6) is 0 Å². The third kappa shape index (κ3) is 1.87. The summed E-state index contributed by atoms with van der Waals surface area (Å²) in [5, 5.41) is 0.656. The van der Waals surface area contributed by atoms with E-state index in [1.54, 1.807) is 6.20 Å². The van der Waals surface area contributed by atoms with Crippen molar-refractivity contribution in [1.82, 2.24) is 4.98 Å². The number of hydrogen-bond acceptors (Lipinski definition) is 1. The highest BCUT2D eigenvalue weighted by Gasteiger charge is 1.96. The van der Waals surface area contributed by atoms with Crippen LogP contribution < -0.4 is 0 Å². The summed E-state index contributed by atoms with van der Waals surface area (Å²) in [7, 11) is 0. The molecule has 0 fully saturated rings. The van der Waals surface area contributed by atoms with E-state index in [-0.39, 0.29) is 0 Å². The zero-order chi connectivity index (χ0) is 9.10. The van der Waals surface area contributed by atoms with Gasteiger partial charge in [0.1, 0.15) is 0 Å². The van der Waals surface area contributed by atoms with Gasteiger partial charge in [-0.2, -0.15) is 0 Å². The van der Waals surface area contributed by atoms with Crippen LogP contribution in [0.1, 0.15) is 0 Å². The molecule has 0 amide bonds. The summed E-state index contributed by atoms with van der Waals surface area (Å²) in [6.07, 6.45) is 1.64. The van der Waals surface area contributed by atoms with E-state index >= 15 is 0 Å². The summed E-state index contributed by atoms with van der Waals surface area (Å²) < 4.78 is 0. The SMILES string of the molecule is Clc1ccc(-c2c[c]ccc2)nc1. The normalized spacial score (nSPS) is 9.92. The van der Waals surface area contributed by atoms with Gasteiger partial charge in [0.05, 0.1) is 10.7 Å². The van der Waals surface area contributed by atoms with Crippen molar-refractivity contribution in [1.29, 1.82) is 0 Å². The van der Waals surface area contributed by atoms with E-state index < -0.39 is 0 Å². The van der Waals surface area contributed by atoms with Gasteiger partial charge in [-0.25, -0.2) is 0 Å². The summed E-state index contributed by atoms with van der Waals surface area (Å²) in [6.45, 7) is 0. The van der Waals surface area contributed by atoms with Gasteiger partial charge in [-0.3, -0.25) is 4.98 Å². The maximum atomic E-state index is 5.73. The average molecular weight is 189 g/mol. The molecule has 2 aromatic rings. The smallest absolute Gasteiger partial charge is 0.0703 e. The van der Waals surface area contributed by atoms with Crippen molar-refractivity contribution in [3.63, 3.8) is 0 Å². The predicted octanol–water partition coefficient (Wildman–Crippen LogP) is 3.20. The topological polar surface area (TPSA) is 12.9 Å². The first kappa shape index (κ1) is 8.27. The van der Waals surface area contributed by atoms with Gasteiger partial charge in [0, 0.05) is 11.8 Å². The second-order valence-corrected chi connectivity index (χ2v) is 3.09. The van der Waals surface area contributed by atoms with Gasteiger partial charge in [-0.15, -0.1) is 0 Å². The number of pyridine rings is 1. The van der Waals surface area contributed by atoms with Crippen LogP contribution >= 0.6 is 11.6 Å². The van der Waals surface area contributed by atoms with E-state index in [1.807, 2.05) is 36.4 Å². The Labute approximate surface area is 82.0 Å². The van der Waals surface area contributed by atoms with Gasteiger partial charge in [-0.05, 0) is 24.3 Å². The average Bonchev–Trinajstić information content (AvgIpc) is 2.20. The van der Waals surface area contributed by atoms with Crippen LogP contribution in [-0.4, -0.2) is 4.98 Å². The molecular formula is C11H7ClN. The molecule has 0 atom stereocenters. The standard InChI is InChI=1S/C11H7ClN/c12-10-6-7-11(13-8-10)9-4-2-1-3-5-9/h1-2,4-8H. The lowest BCUT2D eigenvalue weighted by Gasteiger charge is -1.98. The lowest BCUT2D eigenvalue weighted by atomic mass is 10.1. The van der Waals surface area contributed by atoms with Gasteiger partial charge in [0.25, 0.3) is 0 Å². The van der Waals surface area contributed by atoms with Crippen LogP contribution in [0.3, 0.4) is 0 Å². The molecule has 13 heavy (non-hydrogen) atoms. The second kappa shape index (κ2) is 3.58. The summed E-state index contributed by atoms with van der Waals surface area (Å²) in [5.41, 5.74) is 1.97. The van der Waals surface area contributed by atoms with Crippen molar-refractivity contribution in [2.24, 2.45) is 0 Å². The molecule has 0 saturated heterocycles. The Hall–Kier alpha value is -1.34. The maximum absolute atomic E-state index is 5.73. The molecule has 0 N–H and O–H groups in total. The van der Waals surface area contributed by atoms with Crippen molar-refractivity contribution in [3.8, 4) is 11.3 Å². The van der Waals surface area contributed by atoms with Crippen LogP contribution in [0, 0.1) is 6.07 Å². The van der Waals surface area contributed by atoms with Crippen molar-refractivity contribution in [3.05, 3.63) is 53.7 Å². The van der Waals surface area contributed by atoms with Gasteiger partial charge in [0.15, 0.2) is 0 Å². The fraction of sp³-hybridized carbons (Fsp3) is 0. The number of rotatable bonds is 1. The van der Waals surface area contributed by atoms with Crippen LogP contribution in [0.4, 0.5) is 0 Å². The van der Waals surface area contributed by atoms with Gasteiger partial charge in [0.2, 0.25) is 0 Å². The lowest BCUT2D eigenvalue weighted by molar-refractivity contribution is 1.33. The molecule has 1 aromatic carbocycles. The molecule has 0 spiro atoms. The lowest BCUT2D eigenvalue weighted by Crippen LogP contribution is -1.81. The number of hydrogen-bond donors (Lipinski definition) is 0. The Morgan fingerprint density at radius 2 is 2.15 bits per heavy atom. The number of halogens is 1. The van der Waals surface area contributed by atoms with Crippen LogP contribution in [-0.2, 0) is 0 Å². The summed E-state index contributed by atoms with van der Waals surface area (Å²) >= 11 is 5.73. The molecule has 63 valence electrons. The first-order valence-electron chi connectivity index (χ1n) is 3.94. The molecular weight excluding hydrogens is 182 g/mol. The second-order valence-electron chi connectivity index (χ2n) is 2.65. The minimum Gasteiger partial charge on any atom is -0.255 e. The minimum atomic E-state index is 0.656. The molecule has 0 unspecified atom stereocenters. The Morgan fingerprint density at radius 1 is 1.23 bits per heavy atom. The first-order valence-corrected chi connectivity index (χ1v) is 4.32. The summed E-state index contributed by atoms with van der Waals surface area (Å²) in [6, 6.07) is 14.4. The van der Waals surface area contributed by atoms with E-state index in [0.717, 1.165) is 11.3 Å². The van der Waals surface area contributed by atoms with E-state index in [2.05, 4.69) is 11.1 Å². The molecule has 2 rings (SSSR count). The maximum Gasteiger partial charge on any atom is 0.0703 e. The molecule has 0 saturated carbocycles. The molecule has 0 bridgehead atoms. The number of aromatic nitrogens is 1. The molecule has 1 nitrogen and oxygen atoms in total. The number of benzene rings is 1. The molecule has 1 aromatic heterocycles. The van der Waals surface area contributed by atoms with Gasteiger partial charge < -0.3 is 0 Å². The molecule has 0 aliphatic rings. The van der Waals surface area contributed by atoms with E-state index in [4.69, 9.17) is 11.6 Å². The molecule has 1 radical (unpaired) electrons. The summed E-state index contributed by atoms with van der Waals surface area (Å²) in [5.74, 6) is 0. The van der Waals surface area contributed by atoms with Crippen molar-refractivity contribution in [2.75, 3.05) is 0 Å². The monoisotopic (exact) mass is 188 g/mol. The fourth-order valence-corrected chi connectivity index (χ4v) is 1.21. The zero-order valence-electron chi connectivity index (χ0n) is 6.87. The highest BCUT2D eigenvalue weighted by atomic mass is 35.5. The Morgan fingerprint density at radius 3 is 2.77 bits per heavy atom. The van der Waals surface area contributed by atoms with Crippen LogP contribution in [0.2, 0.25) is 5.02 Å². The largest absolute Gasteiger partial charge is 0.255 e. The molecule has 0 aliphatic heterocycles. The third-order valence-corrected chi connectivity index (χ3v) is 1.95. The quantitative estimate of drug-likeness (QED) is 0.670. The molecule has 0 aliphatic carbocycles. The Bertz CT molecular complexity index is 381. The molecule has 1 heterocycles. The van der Waals surface area contributed by atoms with Crippen molar-refractivity contribution >= 4 is 11.6 Å². The first-order chi connectivity index (χ1) is 6.36. The highest BCUT2D eigenvalue weighted by Crippen LogP contribution is 2.17. The summed E-state index contributed by atoms with van der Waals surface area (Å²) in [4.78, 5) is 4.20. The van der Waals surface area contributed by atoms with Gasteiger partial charge in [-0.1, -0.05) is 29.8 Å². The Kier molecular flexibility index (Phi) is 2.28. The Balaban J connectivity index is 2.42. The highest BCUT2D eigenvalue weighted by molar-refractivity contribution is 6.30.